The van der Waals surface area contributed by atoms with Crippen LogP contribution in [0.15, 0.2) is 58.5 Å². The standard InChI is InChI=1S/C22H18ClF3N4O5S/c1-3-36(32,33)17-9-13(15-5-4-6-16(34-2)19(15)23)10-27-20(17)30-21(31)29-11-14(7-8-18(29)28-30)35-12-22(24,25)26/h4-11H,3,12H2,1-2H3. The van der Waals surface area contributed by atoms with Gasteiger partial charge in [-0.1, -0.05) is 30.7 Å². The Morgan fingerprint density at radius 2 is 1.92 bits per heavy atom. The lowest BCUT2D eigenvalue weighted by Gasteiger charge is -2.12. The summed E-state index contributed by atoms with van der Waals surface area (Å²) in [6.07, 6.45) is -2.20. The van der Waals surface area contributed by atoms with Crippen LogP contribution in [0, 0.1) is 0 Å². The Morgan fingerprint density at radius 3 is 2.58 bits per heavy atom. The minimum Gasteiger partial charge on any atom is -0.495 e. The molecule has 0 aliphatic heterocycles. The maximum absolute atomic E-state index is 13.1. The number of benzene rings is 1. The first-order valence-corrected chi connectivity index (χ1v) is 12.3. The molecule has 0 radical (unpaired) electrons. The molecule has 1 aromatic carbocycles. The van der Waals surface area contributed by atoms with Gasteiger partial charge in [-0.05, 0) is 24.3 Å². The molecule has 4 aromatic rings. The molecule has 9 nitrogen and oxygen atoms in total. The molecule has 0 saturated carbocycles. The molecule has 36 heavy (non-hydrogen) atoms. The topological polar surface area (TPSA) is 105 Å². The average molecular weight is 543 g/mol. The molecule has 0 fully saturated rings. The molecule has 0 spiro atoms. The van der Waals surface area contributed by atoms with Crippen molar-refractivity contribution >= 4 is 27.1 Å². The van der Waals surface area contributed by atoms with Gasteiger partial charge in [-0.25, -0.2) is 22.6 Å². The van der Waals surface area contributed by atoms with Crippen molar-refractivity contribution in [2.45, 2.75) is 18.0 Å². The SMILES string of the molecule is CCS(=O)(=O)c1cc(-c2cccc(OC)c2Cl)cnc1-n1nc2ccc(OCC(F)(F)F)cn2c1=O. The van der Waals surface area contributed by atoms with Crippen molar-refractivity contribution in [3.05, 3.63) is 64.3 Å². The molecule has 0 aliphatic rings. The summed E-state index contributed by atoms with van der Waals surface area (Å²) in [4.78, 5) is 17.0. The van der Waals surface area contributed by atoms with E-state index in [2.05, 4.69) is 14.8 Å². The zero-order chi connectivity index (χ0) is 26.3. The van der Waals surface area contributed by atoms with E-state index in [9.17, 15) is 26.4 Å². The summed E-state index contributed by atoms with van der Waals surface area (Å²) in [5.74, 6) is -0.419. The van der Waals surface area contributed by atoms with Crippen LogP contribution < -0.4 is 15.2 Å². The first-order valence-electron chi connectivity index (χ1n) is 10.3. The number of methoxy groups -OCH3 is 1. The number of rotatable bonds is 7. The first-order chi connectivity index (χ1) is 16.9. The zero-order valence-corrected chi connectivity index (χ0v) is 20.4. The molecular formula is C22H18ClF3N4O5S. The van der Waals surface area contributed by atoms with Gasteiger partial charge in [-0.15, -0.1) is 5.10 Å². The van der Waals surface area contributed by atoms with E-state index in [1.54, 1.807) is 18.2 Å². The number of ether oxygens (including phenoxy) is 2. The Hall–Kier alpha value is -3.58. The molecule has 4 rings (SSSR count). The average Bonchev–Trinajstić information content (AvgIpc) is 3.17. The third kappa shape index (κ3) is 4.88. The van der Waals surface area contributed by atoms with Gasteiger partial charge in [-0.3, -0.25) is 0 Å². The highest BCUT2D eigenvalue weighted by Crippen LogP contribution is 2.36. The molecule has 0 aliphatic carbocycles. The summed E-state index contributed by atoms with van der Waals surface area (Å²) in [6, 6.07) is 8.78. The second kappa shape index (κ2) is 9.47. The van der Waals surface area contributed by atoms with Crippen LogP contribution in [0.5, 0.6) is 11.5 Å². The minimum absolute atomic E-state index is 0.0425. The zero-order valence-electron chi connectivity index (χ0n) is 18.8. The fourth-order valence-electron chi connectivity index (χ4n) is 3.36. The van der Waals surface area contributed by atoms with E-state index in [0.29, 0.717) is 16.9 Å². The Kier molecular flexibility index (Phi) is 6.71. The summed E-state index contributed by atoms with van der Waals surface area (Å²) in [7, 11) is -2.48. The lowest BCUT2D eigenvalue weighted by molar-refractivity contribution is -0.153. The molecule has 0 saturated heterocycles. The lowest BCUT2D eigenvalue weighted by Crippen LogP contribution is -2.23. The van der Waals surface area contributed by atoms with Crippen molar-refractivity contribution in [3.63, 3.8) is 0 Å². The predicted octanol–water partition coefficient (Wildman–Crippen LogP) is 3.94. The molecule has 3 aromatic heterocycles. The van der Waals surface area contributed by atoms with Gasteiger partial charge in [0, 0.05) is 17.3 Å². The number of fused-ring (bicyclic) bond motifs is 1. The van der Waals surface area contributed by atoms with E-state index in [1.807, 2.05) is 0 Å². The van der Waals surface area contributed by atoms with Crippen LogP contribution in [-0.2, 0) is 9.84 Å². The number of hydrogen-bond acceptors (Lipinski definition) is 7. The maximum atomic E-state index is 13.1. The third-order valence-corrected chi connectivity index (χ3v) is 7.26. The predicted molar refractivity (Wildman–Crippen MR) is 125 cm³/mol. The van der Waals surface area contributed by atoms with Gasteiger partial charge in [-0.2, -0.15) is 17.9 Å². The van der Waals surface area contributed by atoms with Gasteiger partial charge in [0.05, 0.1) is 24.1 Å². The van der Waals surface area contributed by atoms with Crippen LogP contribution in [0.25, 0.3) is 22.6 Å². The molecule has 0 N–H and O–H groups in total. The highest BCUT2D eigenvalue weighted by atomic mass is 35.5. The van der Waals surface area contributed by atoms with E-state index in [-0.39, 0.29) is 32.9 Å². The van der Waals surface area contributed by atoms with Crippen molar-refractivity contribution in [1.29, 1.82) is 0 Å². The van der Waals surface area contributed by atoms with Crippen molar-refractivity contribution in [2.75, 3.05) is 19.5 Å². The van der Waals surface area contributed by atoms with Gasteiger partial charge in [0.1, 0.15) is 16.4 Å². The summed E-state index contributed by atoms with van der Waals surface area (Å²) in [5.41, 5.74) is 0.00125. The molecule has 0 amide bonds. The number of hydrogen-bond donors (Lipinski definition) is 0. The van der Waals surface area contributed by atoms with Crippen LogP contribution >= 0.6 is 11.6 Å². The first kappa shape index (κ1) is 25.5. The van der Waals surface area contributed by atoms with E-state index in [4.69, 9.17) is 16.3 Å². The van der Waals surface area contributed by atoms with E-state index >= 15 is 0 Å². The highest BCUT2D eigenvalue weighted by molar-refractivity contribution is 7.91. The number of pyridine rings is 2. The Bertz CT molecular complexity index is 1620. The number of sulfone groups is 1. The number of halogens is 4. The summed E-state index contributed by atoms with van der Waals surface area (Å²) >= 11 is 6.39. The van der Waals surface area contributed by atoms with Gasteiger partial charge in [0.2, 0.25) is 0 Å². The quantitative estimate of drug-likeness (QED) is 0.348. The molecule has 0 bridgehead atoms. The van der Waals surface area contributed by atoms with E-state index in [0.717, 1.165) is 15.3 Å². The maximum Gasteiger partial charge on any atom is 0.422 e. The van der Waals surface area contributed by atoms with Crippen molar-refractivity contribution in [3.8, 4) is 28.4 Å². The normalized spacial score (nSPS) is 12.2. The largest absolute Gasteiger partial charge is 0.495 e. The fourth-order valence-corrected chi connectivity index (χ4v) is 4.71. The summed E-state index contributed by atoms with van der Waals surface area (Å²) in [6.45, 7) is -0.114. The summed E-state index contributed by atoms with van der Waals surface area (Å²) in [5, 5.41) is 4.35. The van der Waals surface area contributed by atoms with Crippen LogP contribution in [0.2, 0.25) is 5.02 Å². The number of alkyl halides is 3. The third-order valence-electron chi connectivity index (χ3n) is 5.13. The lowest BCUT2D eigenvalue weighted by atomic mass is 10.1. The molecule has 14 heteroatoms. The molecule has 0 unspecified atom stereocenters. The minimum atomic E-state index is -4.56. The second-order valence-electron chi connectivity index (χ2n) is 7.46. The Labute approximate surface area is 207 Å². The van der Waals surface area contributed by atoms with Crippen LogP contribution in [0.4, 0.5) is 13.2 Å². The molecule has 0 atom stereocenters. The van der Waals surface area contributed by atoms with Crippen molar-refractivity contribution in [1.82, 2.24) is 19.2 Å². The smallest absolute Gasteiger partial charge is 0.422 e. The van der Waals surface area contributed by atoms with Crippen LogP contribution in [-0.4, -0.2) is 53.2 Å². The number of nitrogens with zero attached hydrogens (tertiary/aromatic N) is 4. The van der Waals surface area contributed by atoms with Crippen molar-refractivity contribution in [2.24, 2.45) is 0 Å². The molecular weight excluding hydrogens is 525 g/mol. The van der Waals surface area contributed by atoms with Crippen LogP contribution in [0.1, 0.15) is 6.92 Å². The highest BCUT2D eigenvalue weighted by Gasteiger charge is 2.29. The van der Waals surface area contributed by atoms with E-state index in [1.165, 1.54) is 38.4 Å². The van der Waals surface area contributed by atoms with Crippen LogP contribution in [0.3, 0.4) is 0 Å². The Morgan fingerprint density at radius 1 is 1.17 bits per heavy atom. The second-order valence-corrected chi connectivity index (χ2v) is 10.1. The van der Waals surface area contributed by atoms with E-state index < -0.39 is 28.3 Å². The fraction of sp³-hybridized carbons (Fsp3) is 0.227. The number of aromatic nitrogens is 4. The van der Waals surface area contributed by atoms with Gasteiger partial charge in [0.15, 0.2) is 27.9 Å². The summed E-state index contributed by atoms with van der Waals surface area (Å²) < 4.78 is 75.0. The molecule has 3 heterocycles. The monoisotopic (exact) mass is 542 g/mol. The van der Waals surface area contributed by atoms with Gasteiger partial charge >= 0.3 is 11.9 Å². The van der Waals surface area contributed by atoms with Gasteiger partial charge in [0.25, 0.3) is 0 Å². The van der Waals surface area contributed by atoms with Gasteiger partial charge < -0.3 is 9.47 Å². The van der Waals surface area contributed by atoms with Crippen molar-refractivity contribution < 1.29 is 31.1 Å². The Balaban J connectivity index is 1.87. The molecule has 190 valence electrons.